The van der Waals surface area contributed by atoms with E-state index in [-0.39, 0.29) is 23.0 Å². The fourth-order valence-electron chi connectivity index (χ4n) is 3.04. The van der Waals surface area contributed by atoms with Crippen molar-refractivity contribution in [3.05, 3.63) is 35.6 Å². The van der Waals surface area contributed by atoms with Gasteiger partial charge >= 0.3 is 0 Å². The summed E-state index contributed by atoms with van der Waals surface area (Å²) >= 11 is 1.74. The van der Waals surface area contributed by atoms with Gasteiger partial charge in [0.2, 0.25) is 5.91 Å². The van der Waals surface area contributed by atoms with Crippen molar-refractivity contribution in [2.24, 2.45) is 5.92 Å². The summed E-state index contributed by atoms with van der Waals surface area (Å²) in [6.45, 7) is 0.793. The highest BCUT2D eigenvalue weighted by molar-refractivity contribution is 7.99. The van der Waals surface area contributed by atoms with E-state index in [1.165, 1.54) is 18.9 Å². The lowest BCUT2D eigenvalue weighted by molar-refractivity contribution is -0.135. The number of thioether (sulfide) groups is 1. The first-order valence-corrected chi connectivity index (χ1v) is 7.98. The average molecular weight is 279 g/mol. The van der Waals surface area contributed by atoms with Crippen LogP contribution in [0, 0.1) is 11.7 Å². The summed E-state index contributed by atoms with van der Waals surface area (Å²) in [6, 6.07) is 6.65. The molecule has 0 bridgehead atoms. The molecule has 1 aliphatic carbocycles. The highest BCUT2D eigenvalue weighted by Gasteiger charge is 2.35. The highest BCUT2D eigenvalue weighted by Crippen LogP contribution is 2.40. The van der Waals surface area contributed by atoms with Crippen LogP contribution >= 0.6 is 11.8 Å². The van der Waals surface area contributed by atoms with E-state index in [0.29, 0.717) is 0 Å². The third-order valence-electron chi connectivity index (χ3n) is 4.01. The topological polar surface area (TPSA) is 20.3 Å². The zero-order chi connectivity index (χ0) is 13.2. The lowest BCUT2D eigenvalue weighted by Gasteiger charge is -2.26. The van der Waals surface area contributed by atoms with Gasteiger partial charge in [0.25, 0.3) is 0 Å². The van der Waals surface area contributed by atoms with Crippen LogP contribution < -0.4 is 0 Å². The minimum Gasteiger partial charge on any atom is -0.325 e. The summed E-state index contributed by atoms with van der Waals surface area (Å²) < 4.78 is 13.3. The van der Waals surface area contributed by atoms with Crippen molar-refractivity contribution in [1.29, 1.82) is 0 Å². The van der Waals surface area contributed by atoms with Gasteiger partial charge in [0.15, 0.2) is 0 Å². The molecule has 0 aromatic heterocycles. The molecule has 0 radical (unpaired) electrons. The van der Waals surface area contributed by atoms with E-state index in [9.17, 15) is 9.18 Å². The van der Waals surface area contributed by atoms with Gasteiger partial charge in [-0.3, -0.25) is 4.79 Å². The standard InChI is InChI=1S/C15H18FNOS/c16-13-7-3-6-12(10-13)15-17(8-9-19-15)14(18)11-4-1-2-5-11/h3,6-7,10-11,15H,1-2,4-5,8-9H2/t15-/m0/s1. The summed E-state index contributed by atoms with van der Waals surface area (Å²) in [5.41, 5.74) is 0.911. The fourth-order valence-corrected chi connectivity index (χ4v) is 4.29. The maximum absolute atomic E-state index is 13.3. The highest BCUT2D eigenvalue weighted by atomic mass is 32.2. The summed E-state index contributed by atoms with van der Waals surface area (Å²) in [6.07, 6.45) is 4.38. The number of hydrogen-bond acceptors (Lipinski definition) is 2. The Bertz CT molecular complexity index is 473. The molecule has 1 atom stereocenters. The van der Waals surface area contributed by atoms with Crippen LogP contribution in [0.15, 0.2) is 24.3 Å². The van der Waals surface area contributed by atoms with Crippen LogP contribution in [-0.4, -0.2) is 23.1 Å². The maximum Gasteiger partial charge on any atom is 0.226 e. The molecule has 2 nitrogen and oxygen atoms in total. The van der Waals surface area contributed by atoms with Crippen LogP contribution in [0.25, 0.3) is 0 Å². The minimum absolute atomic E-state index is 0.00352. The summed E-state index contributed by atoms with van der Waals surface area (Å²) in [7, 11) is 0. The van der Waals surface area contributed by atoms with Gasteiger partial charge in [0.05, 0.1) is 0 Å². The van der Waals surface area contributed by atoms with Crippen LogP contribution in [0.2, 0.25) is 0 Å². The lowest BCUT2D eigenvalue weighted by Crippen LogP contribution is -2.34. The monoisotopic (exact) mass is 279 g/mol. The van der Waals surface area contributed by atoms with Crippen molar-refractivity contribution in [3.8, 4) is 0 Å². The molecule has 0 spiro atoms. The molecule has 102 valence electrons. The molecular formula is C15H18FNOS. The van der Waals surface area contributed by atoms with Gasteiger partial charge in [0, 0.05) is 18.2 Å². The van der Waals surface area contributed by atoms with Crippen LogP contribution in [-0.2, 0) is 4.79 Å². The number of hydrogen-bond donors (Lipinski definition) is 0. The molecule has 1 aliphatic heterocycles. The van der Waals surface area contributed by atoms with Gasteiger partial charge in [-0.2, -0.15) is 0 Å². The van der Waals surface area contributed by atoms with Gasteiger partial charge in [-0.1, -0.05) is 25.0 Å². The Hall–Kier alpha value is -1.03. The van der Waals surface area contributed by atoms with Gasteiger partial charge in [0.1, 0.15) is 11.2 Å². The molecule has 1 aromatic carbocycles. The van der Waals surface area contributed by atoms with Crippen molar-refractivity contribution < 1.29 is 9.18 Å². The predicted octanol–water partition coefficient (Wildman–Crippen LogP) is 3.59. The number of halogens is 1. The fraction of sp³-hybridized carbons (Fsp3) is 0.533. The molecule has 1 aromatic rings. The second-order valence-corrected chi connectivity index (χ2v) is 6.48. The Balaban J connectivity index is 1.79. The Morgan fingerprint density at radius 3 is 2.84 bits per heavy atom. The quantitative estimate of drug-likeness (QED) is 0.824. The second-order valence-electron chi connectivity index (χ2n) is 5.29. The summed E-state index contributed by atoms with van der Waals surface area (Å²) in [5, 5.41) is 0.00352. The Labute approximate surface area is 117 Å². The Kier molecular flexibility index (Phi) is 3.78. The van der Waals surface area contributed by atoms with Crippen LogP contribution in [0.4, 0.5) is 4.39 Å². The van der Waals surface area contributed by atoms with Crippen LogP contribution in [0.3, 0.4) is 0 Å². The van der Waals surface area contributed by atoms with Crippen molar-refractivity contribution in [2.75, 3.05) is 12.3 Å². The lowest BCUT2D eigenvalue weighted by atomic mass is 10.1. The van der Waals surface area contributed by atoms with E-state index in [1.807, 2.05) is 11.0 Å². The second kappa shape index (κ2) is 5.53. The summed E-state index contributed by atoms with van der Waals surface area (Å²) in [4.78, 5) is 14.5. The van der Waals surface area contributed by atoms with Gasteiger partial charge in [-0.25, -0.2) is 4.39 Å². The van der Waals surface area contributed by atoms with E-state index in [1.54, 1.807) is 23.9 Å². The first-order valence-electron chi connectivity index (χ1n) is 6.93. The van der Waals surface area contributed by atoms with Crippen molar-refractivity contribution in [3.63, 3.8) is 0 Å². The number of carbonyl (C=O) groups is 1. The number of rotatable bonds is 2. The molecule has 2 aliphatic rings. The number of benzene rings is 1. The number of carbonyl (C=O) groups excluding carboxylic acids is 1. The maximum atomic E-state index is 13.3. The first-order chi connectivity index (χ1) is 9.25. The van der Waals surface area contributed by atoms with Crippen molar-refractivity contribution in [1.82, 2.24) is 4.90 Å². The molecule has 1 saturated carbocycles. The molecule has 0 unspecified atom stereocenters. The normalized spacial score (nSPS) is 24.1. The SMILES string of the molecule is O=C(C1CCCC1)N1CCS[C@H]1c1cccc(F)c1. The first kappa shape index (κ1) is 13.0. The van der Waals surface area contributed by atoms with E-state index in [0.717, 1.165) is 30.7 Å². The minimum atomic E-state index is -0.224. The molecule has 2 fully saturated rings. The van der Waals surface area contributed by atoms with E-state index in [4.69, 9.17) is 0 Å². The smallest absolute Gasteiger partial charge is 0.226 e. The average Bonchev–Trinajstić information content (AvgIpc) is 3.09. The van der Waals surface area contributed by atoms with Gasteiger partial charge in [-0.05, 0) is 30.5 Å². The third-order valence-corrected chi connectivity index (χ3v) is 5.27. The van der Waals surface area contributed by atoms with E-state index in [2.05, 4.69) is 0 Å². The zero-order valence-corrected chi connectivity index (χ0v) is 11.7. The number of nitrogens with zero attached hydrogens (tertiary/aromatic N) is 1. The molecular weight excluding hydrogens is 261 g/mol. The van der Waals surface area contributed by atoms with E-state index < -0.39 is 0 Å². The van der Waals surface area contributed by atoms with Crippen molar-refractivity contribution >= 4 is 17.7 Å². The zero-order valence-electron chi connectivity index (χ0n) is 10.8. The van der Waals surface area contributed by atoms with Crippen LogP contribution in [0.1, 0.15) is 36.6 Å². The van der Waals surface area contributed by atoms with Crippen LogP contribution in [0.5, 0.6) is 0 Å². The van der Waals surface area contributed by atoms with Crippen molar-refractivity contribution in [2.45, 2.75) is 31.1 Å². The molecule has 1 saturated heterocycles. The van der Waals surface area contributed by atoms with Gasteiger partial charge in [-0.15, -0.1) is 11.8 Å². The molecule has 1 amide bonds. The molecule has 4 heteroatoms. The molecule has 19 heavy (non-hydrogen) atoms. The van der Waals surface area contributed by atoms with E-state index >= 15 is 0 Å². The third kappa shape index (κ3) is 2.64. The molecule has 1 heterocycles. The largest absolute Gasteiger partial charge is 0.325 e. The van der Waals surface area contributed by atoms with Gasteiger partial charge < -0.3 is 4.90 Å². The predicted molar refractivity (Wildman–Crippen MR) is 75.3 cm³/mol. The molecule has 3 rings (SSSR count). The molecule has 0 N–H and O–H groups in total. The Morgan fingerprint density at radius 1 is 1.32 bits per heavy atom. The Morgan fingerprint density at radius 2 is 2.11 bits per heavy atom. The number of amides is 1. The summed E-state index contributed by atoms with van der Waals surface area (Å²) in [5.74, 6) is 1.20.